The van der Waals surface area contributed by atoms with Gasteiger partial charge in [0.15, 0.2) is 0 Å². The predicted octanol–water partition coefficient (Wildman–Crippen LogP) is 5.84. The van der Waals surface area contributed by atoms with E-state index in [2.05, 4.69) is 26.6 Å². The Bertz CT molecular complexity index is 2980. The van der Waals surface area contributed by atoms with Crippen LogP contribution in [0.5, 0.6) is 0 Å². The lowest BCUT2D eigenvalue weighted by molar-refractivity contribution is -0.137. The number of benzene rings is 3. The number of aliphatic hydroxyl groups excluding tert-OH is 1. The molecule has 10 amide bonds. The summed E-state index contributed by atoms with van der Waals surface area (Å²) in [6.07, 6.45) is 4.42. The Morgan fingerprint density at radius 1 is 0.859 bits per heavy atom. The largest absolute Gasteiger partial charge is 0.445 e. The molecule has 3 aromatic carbocycles. The van der Waals surface area contributed by atoms with Gasteiger partial charge < -0.3 is 61.3 Å². The molecule has 2 saturated heterocycles. The van der Waals surface area contributed by atoms with Gasteiger partial charge in [-0.3, -0.25) is 28.9 Å². The molecule has 4 heterocycles. The number of amides is 10. The van der Waals surface area contributed by atoms with Gasteiger partial charge in [0, 0.05) is 87.9 Å². The Kier molecular flexibility index (Phi) is 23.4. The molecule has 25 heteroatoms. The van der Waals surface area contributed by atoms with Gasteiger partial charge in [0.25, 0.3) is 11.8 Å². The van der Waals surface area contributed by atoms with Crippen LogP contribution in [0.2, 0.25) is 0 Å². The third-order valence-corrected chi connectivity index (χ3v) is 15.1. The molecule has 6 unspecified atom stereocenters. The number of imide groups is 1. The zero-order valence-corrected chi connectivity index (χ0v) is 48.0. The van der Waals surface area contributed by atoms with Crippen molar-refractivity contribution in [2.45, 2.75) is 116 Å². The highest BCUT2D eigenvalue weighted by atomic mass is 19.1. The van der Waals surface area contributed by atoms with Crippen LogP contribution < -0.4 is 32.3 Å². The fourth-order valence-electron chi connectivity index (χ4n) is 10.5. The quantitative estimate of drug-likeness (QED) is 0.0261. The Labute approximate surface area is 491 Å². The van der Waals surface area contributed by atoms with Gasteiger partial charge in [-0.05, 0) is 98.7 Å². The first kappa shape index (κ1) is 64.2. The van der Waals surface area contributed by atoms with Crippen molar-refractivity contribution in [2.24, 2.45) is 23.5 Å². The van der Waals surface area contributed by atoms with E-state index in [1.807, 2.05) is 30.3 Å². The maximum Gasteiger partial charge on any atom is 0.410 e. The molecule has 7 rings (SSSR count). The minimum Gasteiger partial charge on any atom is -0.445 e. The molecule has 4 aromatic rings. The first-order valence-electron chi connectivity index (χ1n) is 28.7. The molecule has 6 atom stereocenters. The summed E-state index contributed by atoms with van der Waals surface area (Å²) >= 11 is 0. The smallest absolute Gasteiger partial charge is 0.410 e. The summed E-state index contributed by atoms with van der Waals surface area (Å²) < 4.78 is 59.8. The second-order valence-corrected chi connectivity index (χ2v) is 22.0. The van der Waals surface area contributed by atoms with Crippen molar-refractivity contribution >= 4 is 53.4 Å². The second kappa shape index (κ2) is 31.0. The van der Waals surface area contributed by atoms with E-state index in [9.17, 15) is 47.9 Å². The van der Waals surface area contributed by atoms with Crippen molar-refractivity contribution in [3.8, 4) is 11.3 Å². The SMILES string of the molecule is CC(CO)NC(=O)N(CC1CN(C(=O)OCc2ccc(NC(=O)C(CCCNC(N)=O)NC(=O)C(NC(=O)CCCCCN3C(=O)C=CC3=O)C(C)C)cc2)CC1F)C(c1nc(-c2cc(F)ccc2F)cn1Cc1ccccc1)C1CCOCC1. The summed E-state index contributed by atoms with van der Waals surface area (Å²) in [6, 6.07) is 13.6. The van der Waals surface area contributed by atoms with Gasteiger partial charge in [-0.1, -0.05) is 62.7 Å². The molecule has 22 nitrogen and oxygen atoms in total. The highest BCUT2D eigenvalue weighted by molar-refractivity contribution is 6.12. The van der Waals surface area contributed by atoms with Crippen molar-refractivity contribution in [2.75, 3.05) is 57.9 Å². The van der Waals surface area contributed by atoms with Crippen LogP contribution in [0.25, 0.3) is 11.3 Å². The number of likely N-dealkylation sites (tertiary alicyclic amines) is 1. The second-order valence-electron chi connectivity index (χ2n) is 22.0. The Hall–Kier alpha value is -8.32. The fourth-order valence-corrected chi connectivity index (χ4v) is 10.5. The van der Waals surface area contributed by atoms with Crippen molar-refractivity contribution in [3.05, 3.63) is 120 Å². The predicted molar refractivity (Wildman–Crippen MR) is 306 cm³/mol. The van der Waals surface area contributed by atoms with E-state index in [4.69, 9.17) is 20.2 Å². The number of hydrogen-bond donors (Lipinski definition) is 7. The van der Waals surface area contributed by atoms with Gasteiger partial charge in [-0.2, -0.15) is 0 Å². The van der Waals surface area contributed by atoms with Crippen LogP contribution in [-0.2, 0) is 46.6 Å². The topological polar surface area (TPSA) is 289 Å². The number of aromatic nitrogens is 2. The third kappa shape index (κ3) is 18.3. The molecule has 0 saturated carbocycles. The van der Waals surface area contributed by atoms with E-state index in [1.165, 1.54) is 22.0 Å². The molecule has 0 radical (unpaired) electrons. The minimum atomic E-state index is -1.62. The number of alkyl halides is 1. The van der Waals surface area contributed by atoms with Crippen LogP contribution in [-0.4, -0.2) is 154 Å². The zero-order chi connectivity index (χ0) is 61.2. The number of rotatable bonds is 28. The lowest BCUT2D eigenvalue weighted by atomic mass is 9.89. The molecule has 2 fully saturated rings. The standard InChI is InChI=1S/C60H76F3N11O11/c1-37(2)53(70-50(76)14-8-5-9-26-73-51(77)21-22-52(73)78)57(80)69-48(13-10-25-65-58(64)81)56(79)67-44-18-15-40(16-19-44)36-85-60(83)72-31-42(47(63)33-72)32-74(59(82)66-38(3)35-75)54(41-23-27-84-28-24-41)55-68-49(45-29-43(61)17-20-46(45)62)34-71(55)30-39-11-6-4-7-12-39/h4,6-7,11-12,15-22,29,34,37-38,41-42,47-48,53-54,75H,5,8-10,13-14,23-28,30-33,35-36H2,1-3H3,(H,66,82)(H,67,79)(H,69,80)(H,70,76)(H3,64,65,81). The first-order valence-corrected chi connectivity index (χ1v) is 28.7. The van der Waals surface area contributed by atoms with Crippen LogP contribution in [0.15, 0.2) is 91.1 Å². The number of nitrogens with zero attached hydrogens (tertiary/aromatic N) is 5. The van der Waals surface area contributed by atoms with Crippen molar-refractivity contribution in [3.63, 3.8) is 0 Å². The third-order valence-electron chi connectivity index (χ3n) is 15.1. The molecule has 0 aliphatic carbocycles. The number of imidazole rings is 1. The van der Waals surface area contributed by atoms with E-state index < -0.39 is 90.4 Å². The summed E-state index contributed by atoms with van der Waals surface area (Å²) in [5, 5.41) is 23.6. The van der Waals surface area contributed by atoms with Gasteiger partial charge in [0.2, 0.25) is 17.7 Å². The number of nitrogens with two attached hydrogens (primary N) is 1. The van der Waals surface area contributed by atoms with E-state index in [0.29, 0.717) is 62.4 Å². The summed E-state index contributed by atoms with van der Waals surface area (Å²) in [5.74, 6) is -5.03. The molecule has 0 bridgehead atoms. The van der Waals surface area contributed by atoms with Crippen LogP contribution in [0, 0.1) is 29.4 Å². The molecule has 458 valence electrons. The lowest BCUT2D eigenvalue weighted by Crippen LogP contribution is -2.54. The number of ether oxygens (including phenoxy) is 2. The van der Waals surface area contributed by atoms with Gasteiger partial charge in [-0.15, -0.1) is 0 Å². The summed E-state index contributed by atoms with van der Waals surface area (Å²) in [6.45, 7) is 5.01. The zero-order valence-electron chi connectivity index (χ0n) is 48.0. The molecule has 3 aliphatic rings. The van der Waals surface area contributed by atoms with E-state index >= 15 is 8.78 Å². The Morgan fingerprint density at radius 2 is 1.58 bits per heavy atom. The number of halogens is 3. The summed E-state index contributed by atoms with van der Waals surface area (Å²) in [4.78, 5) is 113. The monoisotopic (exact) mass is 1180 g/mol. The summed E-state index contributed by atoms with van der Waals surface area (Å²) in [5.41, 5.74) is 6.94. The molecule has 3 aliphatic heterocycles. The molecule has 85 heavy (non-hydrogen) atoms. The number of aliphatic hydroxyl groups is 1. The fraction of sp³-hybridized carbons (Fsp3) is 0.483. The number of carbonyl (C=O) groups is 8. The molecular weight excluding hydrogens is 1110 g/mol. The van der Waals surface area contributed by atoms with E-state index in [1.54, 1.807) is 55.8 Å². The maximum atomic E-state index is 16.5. The van der Waals surface area contributed by atoms with E-state index in [0.717, 1.165) is 28.7 Å². The molecular formula is C60H76F3N11O11. The van der Waals surface area contributed by atoms with Crippen LogP contribution in [0.1, 0.15) is 95.1 Å². The Morgan fingerprint density at radius 3 is 2.26 bits per heavy atom. The summed E-state index contributed by atoms with van der Waals surface area (Å²) in [7, 11) is 0. The highest BCUT2D eigenvalue weighted by Gasteiger charge is 2.43. The number of primary amides is 1. The number of carbonyl (C=O) groups excluding carboxylic acids is 8. The van der Waals surface area contributed by atoms with Gasteiger partial charge in [0.1, 0.15) is 42.3 Å². The minimum absolute atomic E-state index is 0.0747. The number of nitrogens with one attached hydrogen (secondary N) is 5. The number of hydrogen-bond acceptors (Lipinski definition) is 12. The number of unbranched alkanes of at least 4 members (excludes halogenated alkanes) is 2. The number of urea groups is 2. The van der Waals surface area contributed by atoms with Crippen molar-refractivity contribution in [1.29, 1.82) is 0 Å². The van der Waals surface area contributed by atoms with Gasteiger partial charge in [-0.25, -0.2) is 32.5 Å². The number of anilines is 1. The van der Waals surface area contributed by atoms with Crippen LogP contribution in [0.3, 0.4) is 0 Å². The van der Waals surface area contributed by atoms with Gasteiger partial charge in [0.05, 0.1) is 30.9 Å². The van der Waals surface area contributed by atoms with Crippen molar-refractivity contribution in [1.82, 2.24) is 45.5 Å². The molecule has 8 N–H and O–H groups in total. The highest BCUT2D eigenvalue weighted by Crippen LogP contribution is 2.39. The first-order chi connectivity index (χ1) is 40.8. The lowest BCUT2D eigenvalue weighted by Gasteiger charge is -2.40. The average molecular weight is 1180 g/mol. The van der Waals surface area contributed by atoms with E-state index in [-0.39, 0.29) is 100 Å². The molecule has 0 spiro atoms. The molecule has 1 aromatic heterocycles. The van der Waals surface area contributed by atoms with Gasteiger partial charge >= 0.3 is 18.2 Å². The van der Waals surface area contributed by atoms with Crippen LogP contribution >= 0.6 is 0 Å². The normalized spacial score (nSPS) is 17.5. The van der Waals surface area contributed by atoms with Crippen LogP contribution in [0.4, 0.5) is 33.2 Å². The van der Waals surface area contributed by atoms with Crippen molar-refractivity contribution < 1.29 is 66.1 Å². The Balaban J connectivity index is 0.991. The average Bonchev–Trinajstić information content (AvgIpc) is 2.51. The maximum absolute atomic E-state index is 16.5.